The summed E-state index contributed by atoms with van der Waals surface area (Å²) in [5, 5.41) is 0. The molecule has 0 aromatic heterocycles. The highest BCUT2D eigenvalue weighted by Gasteiger charge is 2.34. The minimum atomic E-state index is -3.38. The maximum Gasteiger partial charge on any atom is 0.279 e. The zero-order valence-electron chi connectivity index (χ0n) is 11.8. The minimum absolute atomic E-state index is 0.0259. The molecular weight excluding hydrogens is 262 g/mol. The van der Waals surface area contributed by atoms with Gasteiger partial charge in [0.25, 0.3) is 10.2 Å². The summed E-state index contributed by atoms with van der Waals surface area (Å²) in [6.45, 7) is 3.02. The molecule has 112 valence electrons. The van der Waals surface area contributed by atoms with Crippen molar-refractivity contribution in [2.24, 2.45) is 11.7 Å². The Morgan fingerprint density at radius 1 is 1.21 bits per heavy atom. The van der Waals surface area contributed by atoms with Crippen LogP contribution in [0.5, 0.6) is 0 Å². The second kappa shape index (κ2) is 6.52. The molecule has 0 bridgehead atoms. The van der Waals surface area contributed by atoms with Crippen LogP contribution in [0.2, 0.25) is 0 Å². The van der Waals surface area contributed by atoms with Crippen molar-refractivity contribution in [1.82, 2.24) is 9.03 Å². The zero-order chi connectivity index (χ0) is 13.9. The number of piperidine rings is 1. The van der Waals surface area contributed by atoms with Crippen molar-refractivity contribution >= 4 is 10.2 Å². The molecule has 0 aromatic rings. The smallest absolute Gasteiger partial charge is 0.279 e. The number of hydrogen-bond acceptors (Lipinski definition) is 3. The Bertz CT molecular complexity index is 379. The average molecular weight is 289 g/mol. The Labute approximate surface area is 117 Å². The van der Waals surface area contributed by atoms with E-state index in [9.17, 15) is 8.42 Å². The zero-order valence-corrected chi connectivity index (χ0v) is 12.7. The molecule has 0 radical (unpaired) electrons. The second-order valence-electron chi connectivity index (χ2n) is 5.95. The van der Waals surface area contributed by atoms with Gasteiger partial charge in [0.1, 0.15) is 0 Å². The molecule has 2 aliphatic rings. The molecule has 2 unspecified atom stereocenters. The lowest BCUT2D eigenvalue weighted by Gasteiger charge is -2.35. The van der Waals surface area contributed by atoms with E-state index in [0.717, 1.165) is 32.1 Å². The van der Waals surface area contributed by atoms with Crippen molar-refractivity contribution in [2.45, 2.75) is 64.0 Å². The Morgan fingerprint density at radius 2 is 1.84 bits per heavy atom. The lowest BCUT2D eigenvalue weighted by molar-refractivity contribution is 0.251. The first-order chi connectivity index (χ1) is 9.04. The highest BCUT2D eigenvalue weighted by molar-refractivity contribution is 7.87. The van der Waals surface area contributed by atoms with Gasteiger partial charge in [0, 0.05) is 25.2 Å². The Kier molecular flexibility index (Phi) is 5.22. The number of nitrogens with zero attached hydrogens (tertiary/aromatic N) is 1. The molecule has 1 aliphatic heterocycles. The quantitative estimate of drug-likeness (QED) is 0.799. The van der Waals surface area contributed by atoms with E-state index in [2.05, 4.69) is 4.72 Å². The molecule has 19 heavy (non-hydrogen) atoms. The first-order valence-electron chi connectivity index (χ1n) is 7.54. The van der Waals surface area contributed by atoms with E-state index in [1.807, 2.05) is 6.92 Å². The van der Waals surface area contributed by atoms with Crippen molar-refractivity contribution < 1.29 is 8.42 Å². The van der Waals surface area contributed by atoms with Crippen LogP contribution in [0.4, 0.5) is 0 Å². The number of hydrogen-bond donors (Lipinski definition) is 2. The molecule has 1 heterocycles. The van der Waals surface area contributed by atoms with Gasteiger partial charge in [-0.05, 0) is 38.5 Å². The standard InChI is InChI=1S/C13H27N3O2S/c1-11(12-6-2-3-7-12)15-19(17,18)16-9-5-4-8-13(16)10-14/h11-13,15H,2-10,14H2,1H3. The van der Waals surface area contributed by atoms with Crippen molar-refractivity contribution in [3.63, 3.8) is 0 Å². The van der Waals surface area contributed by atoms with E-state index < -0.39 is 10.2 Å². The van der Waals surface area contributed by atoms with Crippen LogP contribution >= 0.6 is 0 Å². The van der Waals surface area contributed by atoms with Gasteiger partial charge in [-0.3, -0.25) is 0 Å². The van der Waals surface area contributed by atoms with E-state index in [1.54, 1.807) is 4.31 Å². The summed E-state index contributed by atoms with van der Waals surface area (Å²) in [6, 6.07) is 0.00915. The summed E-state index contributed by atoms with van der Waals surface area (Å²) in [5.74, 6) is 0.496. The summed E-state index contributed by atoms with van der Waals surface area (Å²) in [7, 11) is -3.38. The van der Waals surface area contributed by atoms with Crippen LogP contribution in [0, 0.1) is 5.92 Å². The van der Waals surface area contributed by atoms with Crippen LogP contribution < -0.4 is 10.5 Å². The molecule has 5 nitrogen and oxygen atoms in total. The van der Waals surface area contributed by atoms with Gasteiger partial charge in [0.2, 0.25) is 0 Å². The number of nitrogens with one attached hydrogen (secondary N) is 1. The first-order valence-corrected chi connectivity index (χ1v) is 8.98. The molecular formula is C13H27N3O2S. The monoisotopic (exact) mass is 289 g/mol. The molecule has 2 fully saturated rings. The summed E-state index contributed by atoms with van der Waals surface area (Å²) < 4.78 is 29.4. The third kappa shape index (κ3) is 3.68. The van der Waals surface area contributed by atoms with Gasteiger partial charge in [0.15, 0.2) is 0 Å². The van der Waals surface area contributed by atoms with Gasteiger partial charge in [-0.1, -0.05) is 19.3 Å². The molecule has 2 atom stereocenters. The van der Waals surface area contributed by atoms with Gasteiger partial charge in [-0.15, -0.1) is 0 Å². The van der Waals surface area contributed by atoms with E-state index in [-0.39, 0.29) is 12.1 Å². The Balaban J connectivity index is 1.99. The molecule has 2 rings (SSSR count). The van der Waals surface area contributed by atoms with Crippen LogP contribution in [0.3, 0.4) is 0 Å². The minimum Gasteiger partial charge on any atom is -0.329 e. The van der Waals surface area contributed by atoms with Crippen molar-refractivity contribution in [1.29, 1.82) is 0 Å². The summed E-state index contributed by atoms with van der Waals surface area (Å²) in [6.07, 6.45) is 7.64. The lowest BCUT2D eigenvalue weighted by atomic mass is 10.0. The van der Waals surface area contributed by atoms with Crippen LogP contribution in [0.25, 0.3) is 0 Å². The maximum atomic E-state index is 12.5. The average Bonchev–Trinajstić information content (AvgIpc) is 2.92. The molecule has 6 heteroatoms. The summed E-state index contributed by atoms with van der Waals surface area (Å²) in [5.41, 5.74) is 5.71. The van der Waals surface area contributed by atoms with Gasteiger partial charge in [-0.25, -0.2) is 0 Å². The number of rotatable bonds is 5. The SMILES string of the molecule is CC(NS(=O)(=O)N1CCCCC1CN)C1CCCC1. The van der Waals surface area contributed by atoms with E-state index in [4.69, 9.17) is 5.73 Å². The molecule has 1 aliphatic carbocycles. The van der Waals surface area contributed by atoms with E-state index in [0.29, 0.717) is 19.0 Å². The third-order valence-corrected chi connectivity index (χ3v) is 6.36. The fourth-order valence-corrected chi connectivity index (χ4v) is 5.13. The van der Waals surface area contributed by atoms with Crippen LogP contribution in [0.15, 0.2) is 0 Å². The van der Waals surface area contributed by atoms with Crippen molar-refractivity contribution in [3.05, 3.63) is 0 Å². The topological polar surface area (TPSA) is 75.4 Å². The summed E-state index contributed by atoms with van der Waals surface area (Å²) in [4.78, 5) is 0. The fourth-order valence-electron chi connectivity index (χ4n) is 3.38. The van der Waals surface area contributed by atoms with Gasteiger partial charge >= 0.3 is 0 Å². The Hall–Kier alpha value is -0.170. The molecule has 0 spiro atoms. The van der Waals surface area contributed by atoms with Gasteiger partial charge in [-0.2, -0.15) is 17.4 Å². The van der Waals surface area contributed by atoms with Crippen LogP contribution in [0.1, 0.15) is 51.9 Å². The fraction of sp³-hybridized carbons (Fsp3) is 1.00. The molecule has 1 saturated carbocycles. The number of nitrogens with two attached hydrogens (primary N) is 1. The molecule has 0 amide bonds. The molecule has 1 saturated heterocycles. The predicted molar refractivity (Wildman–Crippen MR) is 76.9 cm³/mol. The van der Waals surface area contributed by atoms with Gasteiger partial charge in [0.05, 0.1) is 0 Å². The molecule has 0 aromatic carbocycles. The second-order valence-corrected chi connectivity index (χ2v) is 7.61. The largest absolute Gasteiger partial charge is 0.329 e. The maximum absolute atomic E-state index is 12.5. The van der Waals surface area contributed by atoms with Gasteiger partial charge < -0.3 is 5.73 Å². The molecule has 3 N–H and O–H groups in total. The van der Waals surface area contributed by atoms with E-state index >= 15 is 0 Å². The summed E-state index contributed by atoms with van der Waals surface area (Å²) >= 11 is 0. The third-order valence-electron chi connectivity index (χ3n) is 4.60. The van der Waals surface area contributed by atoms with Crippen molar-refractivity contribution in [3.8, 4) is 0 Å². The first kappa shape index (κ1) is 15.2. The van der Waals surface area contributed by atoms with Crippen LogP contribution in [-0.4, -0.2) is 37.9 Å². The predicted octanol–water partition coefficient (Wildman–Crippen LogP) is 1.21. The lowest BCUT2D eigenvalue weighted by Crippen LogP contribution is -2.54. The highest BCUT2D eigenvalue weighted by atomic mass is 32.2. The normalized spacial score (nSPS) is 28.6. The van der Waals surface area contributed by atoms with Crippen LogP contribution in [-0.2, 0) is 10.2 Å². The Morgan fingerprint density at radius 3 is 2.47 bits per heavy atom. The van der Waals surface area contributed by atoms with E-state index in [1.165, 1.54) is 12.8 Å². The van der Waals surface area contributed by atoms with Crippen molar-refractivity contribution in [2.75, 3.05) is 13.1 Å². The highest BCUT2D eigenvalue weighted by Crippen LogP contribution is 2.28.